The molecule has 136 valence electrons. The largest absolute Gasteiger partial charge is 0.452 e. The molecule has 1 saturated heterocycles. The second kappa shape index (κ2) is 7.13. The van der Waals surface area contributed by atoms with Crippen LogP contribution >= 0.6 is 23.2 Å². The van der Waals surface area contributed by atoms with Crippen molar-refractivity contribution in [3.63, 3.8) is 0 Å². The Morgan fingerprint density at radius 1 is 1.12 bits per heavy atom. The van der Waals surface area contributed by atoms with Gasteiger partial charge in [-0.05, 0) is 37.5 Å². The average Bonchev–Trinajstić information content (AvgIpc) is 3.31. The van der Waals surface area contributed by atoms with E-state index in [2.05, 4.69) is 0 Å². The molecular formula is C16H17Cl2NO5S. The van der Waals surface area contributed by atoms with Crippen LogP contribution in [0.4, 0.5) is 0 Å². The summed E-state index contributed by atoms with van der Waals surface area (Å²) in [7, 11) is -3.09. The maximum absolute atomic E-state index is 12.5. The summed E-state index contributed by atoms with van der Waals surface area (Å²) in [6.07, 6.45) is 2.14. The smallest absolute Gasteiger partial charge is 0.338 e. The topological polar surface area (TPSA) is 80.8 Å². The van der Waals surface area contributed by atoms with Crippen molar-refractivity contribution in [3.8, 4) is 0 Å². The molecule has 2 aliphatic rings. The summed E-state index contributed by atoms with van der Waals surface area (Å²) in [6, 6.07) is 4.03. The van der Waals surface area contributed by atoms with Gasteiger partial charge in [0.05, 0.1) is 27.1 Å². The molecule has 1 saturated carbocycles. The molecular weight excluding hydrogens is 389 g/mol. The standard InChI is InChI=1S/C16H17Cl2NO5S/c17-13-4-1-10(7-14(13)18)16(21)24-8-15(20)19(11-2-3-11)12-5-6-25(22,23)9-12/h1,4,7,11-12H,2-3,5-6,8-9H2/t12-/m0/s1. The summed E-state index contributed by atoms with van der Waals surface area (Å²) in [6.45, 7) is -0.424. The van der Waals surface area contributed by atoms with E-state index in [-0.39, 0.29) is 40.1 Å². The van der Waals surface area contributed by atoms with E-state index in [1.54, 1.807) is 4.90 Å². The van der Waals surface area contributed by atoms with Crippen molar-refractivity contribution in [1.29, 1.82) is 0 Å². The Bertz CT molecular complexity index is 807. The molecule has 0 N–H and O–H groups in total. The fraction of sp³-hybridized carbons (Fsp3) is 0.500. The Balaban J connectivity index is 1.62. The molecule has 0 bridgehead atoms. The Labute approximate surface area is 155 Å². The van der Waals surface area contributed by atoms with E-state index in [1.165, 1.54) is 18.2 Å². The number of amides is 1. The second-order valence-electron chi connectivity index (χ2n) is 6.29. The molecule has 3 rings (SSSR count). The number of carbonyl (C=O) groups excluding carboxylic acids is 2. The van der Waals surface area contributed by atoms with Crippen LogP contribution in [0.25, 0.3) is 0 Å². The fourth-order valence-corrected chi connectivity index (χ4v) is 4.97. The van der Waals surface area contributed by atoms with Gasteiger partial charge in [0.2, 0.25) is 0 Å². The predicted octanol–water partition coefficient (Wildman–Crippen LogP) is 2.33. The molecule has 0 spiro atoms. The molecule has 9 heteroatoms. The van der Waals surface area contributed by atoms with Crippen LogP contribution in [0.1, 0.15) is 29.6 Å². The molecule has 6 nitrogen and oxygen atoms in total. The van der Waals surface area contributed by atoms with Crippen LogP contribution < -0.4 is 0 Å². The highest BCUT2D eigenvalue weighted by molar-refractivity contribution is 7.91. The first-order valence-corrected chi connectivity index (χ1v) is 10.5. The maximum Gasteiger partial charge on any atom is 0.338 e. The lowest BCUT2D eigenvalue weighted by Gasteiger charge is -2.28. The number of halogens is 2. The van der Waals surface area contributed by atoms with Gasteiger partial charge in [0.25, 0.3) is 5.91 Å². The molecule has 0 aromatic heterocycles. The van der Waals surface area contributed by atoms with Crippen LogP contribution in [-0.4, -0.2) is 55.4 Å². The lowest BCUT2D eigenvalue weighted by molar-refractivity contribution is -0.137. The minimum atomic E-state index is -3.09. The van der Waals surface area contributed by atoms with Crippen LogP contribution in [0.15, 0.2) is 18.2 Å². The molecule has 1 heterocycles. The summed E-state index contributed by atoms with van der Waals surface area (Å²) >= 11 is 11.7. The van der Waals surface area contributed by atoms with Crippen molar-refractivity contribution >= 4 is 44.9 Å². The Kier molecular flexibility index (Phi) is 5.27. The van der Waals surface area contributed by atoms with Crippen molar-refractivity contribution in [2.24, 2.45) is 0 Å². The van der Waals surface area contributed by atoms with Gasteiger partial charge in [-0.25, -0.2) is 13.2 Å². The Morgan fingerprint density at radius 2 is 1.84 bits per heavy atom. The van der Waals surface area contributed by atoms with Crippen LogP contribution in [0.2, 0.25) is 10.0 Å². The molecule has 2 fully saturated rings. The SMILES string of the molecule is O=C(OCC(=O)N(C1CC1)[C@H]1CCS(=O)(=O)C1)c1ccc(Cl)c(Cl)c1. The van der Waals surface area contributed by atoms with E-state index in [0.29, 0.717) is 11.4 Å². The first-order chi connectivity index (χ1) is 11.8. The van der Waals surface area contributed by atoms with Gasteiger partial charge in [0.15, 0.2) is 16.4 Å². The maximum atomic E-state index is 12.5. The Hall–Kier alpha value is -1.31. The number of rotatable bonds is 5. The zero-order chi connectivity index (χ0) is 18.2. The van der Waals surface area contributed by atoms with Gasteiger partial charge in [0.1, 0.15) is 0 Å². The van der Waals surface area contributed by atoms with Crippen LogP contribution in [-0.2, 0) is 19.4 Å². The summed E-state index contributed by atoms with van der Waals surface area (Å²) in [4.78, 5) is 26.1. The molecule has 1 aromatic rings. The molecule has 0 radical (unpaired) electrons. The van der Waals surface area contributed by atoms with Crippen molar-refractivity contribution < 1.29 is 22.7 Å². The zero-order valence-corrected chi connectivity index (χ0v) is 15.6. The number of esters is 1. The Morgan fingerprint density at radius 3 is 2.40 bits per heavy atom. The average molecular weight is 406 g/mol. The summed E-state index contributed by atoms with van der Waals surface area (Å²) in [5, 5.41) is 0.537. The van der Waals surface area contributed by atoms with Crippen LogP contribution in [0, 0.1) is 0 Å². The van der Waals surface area contributed by atoms with E-state index >= 15 is 0 Å². The normalized spacial score (nSPS) is 21.8. The van der Waals surface area contributed by atoms with Gasteiger partial charge in [-0.15, -0.1) is 0 Å². The highest BCUT2D eigenvalue weighted by atomic mass is 35.5. The minimum Gasteiger partial charge on any atom is -0.452 e. The van der Waals surface area contributed by atoms with Crippen molar-refractivity contribution in [1.82, 2.24) is 4.90 Å². The van der Waals surface area contributed by atoms with Gasteiger partial charge in [-0.3, -0.25) is 4.79 Å². The third-order valence-corrected chi connectivity index (χ3v) is 6.80. The van der Waals surface area contributed by atoms with Crippen LogP contribution in [0.5, 0.6) is 0 Å². The van der Waals surface area contributed by atoms with Gasteiger partial charge < -0.3 is 9.64 Å². The van der Waals surface area contributed by atoms with E-state index in [1.807, 2.05) is 0 Å². The number of benzene rings is 1. The minimum absolute atomic E-state index is 0.0179. The number of hydrogen-bond donors (Lipinski definition) is 0. The highest BCUT2D eigenvalue weighted by Crippen LogP contribution is 2.32. The van der Waals surface area contributed by atoms with Crippen molar-refractivity contribution in [2.45, 2.75) is 31.3 Å². The van der Waals surface area contributed by atoms with Crippen LogP contribution in [0.3, 0.4) is 0 Å². The predicted molar refractivity (Wildman–Crippen MR) is 93.7 cm³/mol. The summed E-state index contributed by atoms with van der Waals surface area (Å²) < 4.78 is 28.4. The number of ether oxygens (including phenoxy) is 1. The quantitative estimate of drug-likeness (QED) is 0.702. The molecule has 25 heavy (non-hydrogen) atoms. The van der Waals surface area contributed by atoms with E-state index in [0.717, 1.165) is 12.8 Å². The van der Waals surface area contributed by atoms with E-state index < -0.39 is 22.4 Å². The number of nitrogens with zero attached hydrogens (tertiary/aromatic N) is 1. The third-order valence-electron chi connectivity index (χ3n) is 4.31. The third kappa shape index (κ3) is 4.46. The van der Waals surface area contributed by atoms with Crippen molar-refractivity contribution in [3.05, 3.63) is 33.8 Å². The summed E-state index contributed by atoms with van der Waals surface area (Å²) in [5.74, 6) is -0.965. The fourth-order valence-electron chi connectivity index (χ4n) is 2.96. The number of carbonyl (C=O) groups is 2. The van der Waals surface area contributed by atoms with Gasteiger partial charge in [0, 0.05) is 12.1 Å². The molecule has 0 unspecified atom stereocenters. The monoisotopic (exact) mass is 405 g/mol. The summed E-state index contributed by atoms with van der Waals surface area (Å²) in [5.41, 5.74) is 0.198. The number of sulfone groups is 1. The van der Waals surface area contributed by atoms with E-state index in [4.69, 9.17) is 27.9 Å². The number of hydrogen-bond acceptors (Lipinski definition) is 5. The highest BCUT2D eigenvalue weighted by Gasteiger charge is 2.42. The van der Waals surface area contributed by atoms with Gasteiger partial charge in [-0.2, -0.15) is 0 Å². The molecule has 1 aliphatic heterocycles. The molecule has 1 amide bonds. The van der Waals surface area contributed by atoms with Gasteiger partial charge >= 0.3 is 5.97 Å². The zero-order valence-electron chi connectivity index (χ0n) is 13.3. The lowest BCUT2D eigenvalue weighted by Crippen LogP contribution is -2.44. The van der Waals surface area contributed by atoms with E-state index in [9.17, 15) is 18.0 Å². The molecule has 1 aromatic carbocycles. The molecule has 1 aliphatic carbocycles. The first kappa shape index (κ1) is 18.5. The lowest BCUT2D eigenvalue weighted by atomic mass is 10.2. The van der Waals surface area contributed by atoms with Crippen molar-refractivity contribution in [2.75, 3.05) is 18.1 Å². The first-order valence-electron chi connectivity index (χ1n) is 7.90. The second-order valence-corrected chi connectivity index (χ2v) is 9.34. The molecule has 1 atom stereocenters. The van der Waals surface area contributed by atoms with Gasteiger partial charge in [-0.1, -0.05) is 23.2 Å².